The van der Waals surface area contributed by atoms with Crippen LogP contribution in [0.1, 0.15) is 23.2 Å². The molecule has 1 unspecified atom stereocenters. The summed E-state index contributed by atoms with van der Waals surface area (Å²) >= 11 is 6.15. The number of phenolic OH excluding ortho intramolecular Hbond substituents is 1. The lowest BCUT2D eigenvalue weighted by atomic mass is 9.97. The van der Waals surface area contributed by atoms with Crippen LogP contribution >= 0.6 is 11.6 Å². The Kier molecular flexibility index (Phi) is 5.07. The SMILES string of the molecule is O=C(c1cc(-c2ccccc2)cc(Cl)c1O)N1CCCC(CO)C1. The summed E-state index contributed by atoms with van der Waals surface area (Å²) in [4.78, 5) is 14.5. The molecule has 0 spiro atoms. The highest BCUT2D eigenvalue weighted by Crippen LogP contribution is 2.34. The summed E-state index contributed by atoms with van der Waals surface area (Å²) < 4.78 is 0. The number of aliphatic hydroxyl groups is 1. The summed E-state index contributed by atoms with van der Waals surface area (Å²) in [5, 5.41) is 19.8. The van der Waals surface area contributed by atoms with Gasteiger partial charge in [-0.1, -0.05) is 41.9 Å². The van der Waals surface area contributed by atoms with Crippen LogP contribution in [0, 0.1) is 5.92 Å². The van der Waals surface area contributed by atoms with Gasteiger partial charge in [-0.2, -0.15) is 0 Å². The van der Waals surface area contributed by atoms with E-state index in [1.807, 2.05) is 30.3 Å². The number of hydrogen-bond acceptors (Lipinski definition) is 3. The number of phenols is 1. The van der Waals surface area contributed by atoms with Crippen LogP contribution in [0.4, 0.5) is 0 Å². The summed E-state index contributed by atoms with van der Waals surface area (Å²) in [6.07, 6.45) is 1.76. The van der Waals surface area contributed by atoms with Crippen LogP contribution in [0.5, 0.6) is 5.75 Å². The fourth-order valence-electron chi connectivity index (χ4n) is 3.13. The van der Waals surface area contributed by atoms with Gasteiger partial charge in [0.25, 0.3) is 5.91 Å². The van der Waals surface area contributed by atoms with Crippen LogP contribution in [0.25, 0.3) is 11.1 Å². The molecule has 2 N–H and O–H groups in total. The lowest BCUT2D eigenvalue weighted by molar-refractivity contribution is 0.0618. The summed E-state index contributed by atoms with van der Waals surface area (Å²) in [5.41, 5.74) is 1.93. The van der Waals surface area contributed by atoms with Crippen molar-refractivity contribution < 1.29 is 15.0 Å². The zero-order chi connectivity index (χ0) is 17.1. The number of aromatic hydroxyl groups is 1. The van der Waals surface area contributed by atoms with Gasteiger partial charge in [0.1, 0.15) is 5.75 Å². The minimum atomic E-state index is -0.245. The number of carbonyl (C=O) groups is 1. The van der Waals surface area contributed by atoms with Gasteiger partial charge in [0.05, 0.1) is 10.6 Å². The first kappa shape index (κ1) is 16.8. The number of hydrogen-bond donors (Lipinski definition) is 2. The Hall–Kier alpha value is -2.04. The fraction of sp³-hybridized carbons (Fsp3) is 0.316. The van der Waals surface area contributed by atoms with Crippen molar-refractivity contribution in [2.75, 3.05) is 19.7 Å². The predicted octanol–water partition coefficient (Wildman–Crippen LogP) is 3.56. The second-order valence-corrected chi connectivity index (χ2v) is 6.57. The Balaban J connectivity index is 1.95. The Labute approximate surface area is 146 Å². The van der Waals surface area contributed by atoms with Crippen molar-refractivity contribution in [3.05, 3.63) is 53.1 Å². The highest BCUT2D eigenvalue weighted by Gasteiger charge is 2.26. The highest BCUT2D eigenvalue weighted by molar-refractivity contribution is 6.33. The van der Waals surface area contributed by atoms with E-state index in [-0.39, 0.29) is 34.8 Å². The van der Waals surface area contributed by atoms with Crippen molar-refractivity contribution in [1.29, 1.82) is 0 Å². The number of rotatable bonds is 3. The molecular formula is C19H20ClNO3. The molecule has 1 aliphatic heterocycles. The van der Waals surface area contributed by atoms with E-state index < -0.39 is 0 Å². The second kappa shape index (κ2) is 7.24. The van der Waals surface area contributed by atoms with Crippen molar-refractivity contribution >= 4 is 17.5 Å². The van der Waals surface area contributed by atoms with Crippen LogP contribution in [0.2, 0.25) is 5.02 Å². The topological polar surface area (TPSA) is 60.8 Å². The van der Waals surface area contributed by atoms with Crippen molar-refractivity contribution in [3.63, 3.8) is 0 Å². The number of likely N-dealkylation sites (tertiary alicyclic amines) is 1. The quantitative estimate of drug-likeness (QED) is 0.894. The monoisotopic (exact) mass is 345 g/mol. The molecule has 1 amide bonds. The van der Waals surface area contributed by atoms with E-state index in [2.05, 4.69) is 0 Å². The minimum Gasteiger partial charge on any atom is -0.506 e. The number of carbonyl (C=O) groups excluding carboxylic acids is 1. The standard InChI is InChI=1S/C19H20ClNO3/c20-17-10-15(14-6-2-1-3-7-14)9-16(18(17)23)19(24)21-8-4-5-13(11-21)12-22/h1-3,6-7,9-10,13,22-23H,4-5,8,11-12H2. The van der Waals surface area contributed by atoms with Crippen molar-refractivity contribution in [2.24, 2.45) is 5.92 Å². The highest BCUT2D eigenvalue weighted by atomic mass is 35.5. The Morgan fingerprint density at radius 1 is 1.21 bits per heavy atom. The fourth-order valence-corrected chi connectivity index (χ4v) is 3.35. The van der Waals surface area contributed by atoms with Crippen LogP contribution in [0.15, 0.2) is 42.5 Å². The summed E-state index contributed by atoms with van der Waals surface area (Å²) in [5.74, 6) is -0.338. The van der Waals surface area contributed by atoms with E-state index in [0.29, 0.717) is 13.1 Å². The molecule has 24 heavy (non-hydrogen) atoms. The van der Waals surface area contributed by atoms with Gasteiger partial charge in [0, 0.05) is 19.7 Å². The number of piperidine rings is 1. The predicted molar refractivity (Wildman–Crippen MR) is 94.3 cm³/mol. The zero-order valence-corrected chi connectivity index (χ0v) is 14.0. The summed E-state index contributed by atoms with van der Waals surface area (Å²) in [6.45, 7) is 1.20. The second-order valence-electron chi connectivity index (χ2n) is 6.16. The van der Waals surface area contributed by atoms with E-state index in [9.17, 15) is 15.0 Å². The number of nitrogens with zero attached hydrogens (tertiary/aromatic N) is 1. The molecule has 2 aromatic carbocycles. The van der Waals surface area contributed by atoms with Crippen molar-refractivity contribution in [1.82, 2.24) is 4.90 Å². The molecule has 1 saturated heterocycles. The van der Waals surface area contributed by atoms with Crippen LogP contribution in [0.3, 0.4) is 0 Å². The normalized spacial score (nSPS) is 17.8. The molecule has 0 bridgehead atoms. The van der Waals surface area contributed by atoms with E-state index >= 15 is 0 Å². The van der Waals surface area contributed by atoms with Crippen LogP contribution < -0.4 is 0 Å². The van der Waals surface area contributed by atoms with Crippen LogP contribution in [-0.2, 0) is 0 Å². The molecule has 3 rings (SSSR count). The van der Waals surface area contributed by atoms with E-state index in [1.165, 1.54) is 0 Å². The zero-order valence-electron chi connectivity index (χ0n) is 13.3. The third-order valence-electron chi connectivity index (χ3n) is 4.47. The molecule has 1 atom stereocenters. The van der Waals surface area contributed by atoms with Gasteiger partial charge in [-0.05, 0) is 42.0 Å². The maximum absolute atomic E-state index is 12.8. The lowest BCUT2D eigenvalue weighted by Crippen LogP contribution is -2.41. The Morgan fingerprint density at radius 2 is 1.96 bits per heavy atom. The summed E-state index contributed by atoms with van der Waals surface area (Å²) in [7, 11) is 0. The smallest absolute Gasteiger partial charge is 0.257 e. The van der Waals surface area contributed by atoms with Crippen LogP contribution in [-0.4, -0.2) is 40.7 Å². The molecule has 2 aromatic rings. The minimum absolute atomic E-state index is 0.0700. The third kappa shape index (κ3) is 3.40. The molecule has 1 heterocycles. The maximum Gasteiger partial charge on any atom is 0.257 e. The largest absolute Gasteiger partial charge is 0.506 e. The maximum atomic E-state index is 12.8. The molecule has 4 nitrogen and oxygen atoms in total. The molecular weight excluding hydrogens is 326 g/mol. The van der Waals surface area contributed by atoms with E-state index in [4.69, 9.17) is 11.6 Å². The van der Waals surface area contributed by atoms with Crippen molar-refractivity contribution in [3.8, 4) is 16.9 Å². The Bertz CT molecular complexity index is 733. The van der Waals surface area contributed by atoms with Gasteiger partial charge in [0.2, 0.25) is 0 Å². The van der Waals surface area contributed by atoms with Gasteiger partial charge in [-0.25, -0.2) is 0 Å². The van der Waals surface area contributed by atoms with Gasteiger partial charge >= 0.3 is 0 Å². The molecule has 0 saturated carbocycles. The number of halogens is 1. The molecule has 0 aliphatic carbocycles. The number of aliphatic hydroxyl groups excluding tert-OH is 1. The number of amides is 1. The first-order valence-corrected chi connectivity index (χ1v) is 8.46. The molecule has 0 radical (unpaired) electrons. The molecule has 126 valence electrons. The molecule has 0 aromatic heterocycles. The lowest BCUT2D eigenvalue weighted by Gasteiger charge is -2.32. The summed E-state index contributed by atoms with van der Waals surface area (Å²) in [6, 6.07) is 12.9. The molecule has 1 aliphatic rings. The third-order valence-corrected chi connectivity index (χ3v) is 4.75. The van der Waals surface area contributed by atoms with Gasteiger partial charge in [-0.15, -0.1) is 0 Å². The van der Waals surface area contributed by atoms with Gasteiger partial charge < -0.3 is 15.1 Å². The first-order valence-electron chi connectivity index (χ1n) is 8.08. The average molecular weight is 346 g/mol. The average Bonchev–Trinajstić information content (AvgIpc) is 2.64. The number of benzene rings is 2. The van der Waals surface area contributed by atoms with Gasteiger partial charge in [0.15, 0.2) is 0 Å². The Morgan fingerprint density at radius 3 is 2.67 bits per heavy atom. The van der Waals surface area contributed by atoms with Crippen molar-refractivity contribution in [2.45, 2.75) is 12.8 Å². The van der Waals surface area contributed by atoms with E-state index in [0.717, 1.165) is 24.0 Å². The first-order chi connectivity index (χ1) is 11.6. The molecule has 5 heteroatoms. The van der Waals surface area contributed by atoms with E-state index in [1.54, 1.807) is 17.0 Å². The molecule has 1 fully saturated rings. The van der Waals surface area contributed by atoms with Gasteiger partial charge in [-0.3, -0.25) is 4.79 Å².